The van der Waals surface area contributed by atoms with Crippen LogP contribution in [0.3, 0.4) is 0 Å². The van der Waals surface area contributed by atoms with Crippen LogP contribution in [0, 0.1) is 0 Å². The van der Waals surface area contributed by atoms with E-state index in [1.165, 1.54) is 6.42 Å². The number of amides is 1. The van der Waals surface area contributed by atoms with Gasteiger partial charge in [0.2, 0.25) is 5.91 Å². The van der Waals surface area contributed by atoms with Crippen molar-refractivity contribution in [1.82, 2.24) is 10.2 Å². The molecule has 1 fully saturated rings. The predicted molar refractivity (Wildman–Crippen MR) is 97.4 cm³/mol. The molecule has 1 amide bonds. The van der Waals surface area contributed by atoms with Gasteiger partial charge in [-0.2, -0.15) is 0 Å². The Bertz CT molecular complexity index is 726. The summed E-state index contributed by atoms with van der Waals surface area (Å²) in [6, 6.07) is 17.8. The average Bonchev–Trinajstić information content (AvgIpc) is 3.10. The molecule has 0 aromatic heterocycles. The smallest absolute Gasteiger partial charge is 0.244 e. The van der Waals surface area contributed by atoms with Gasteiger partial charge in [0.15, 0.2) is 0 Å². The summed E-state index contributed by atoms with van der Waals surface area (Å²) in [6.45, 7) is 2.29. The van der Waals surface area contributed by atoms with Gasteiger partial charge < -0.3 is 9.64 Å². The van der Waals surface area contributed by atoms with Crippen LogP contribution in [0.1, 0.15) is 42.5 Å². The minimum atomic E-state index is -0.334. The van der Waals surface area contributed by atoms with Crippen LogP contribution in [0.4, 0.5) is 0 Å². The molecule has 2 aromatic carbocycles. The normalized spacial score (nSPS) is 20.6. The number of hydrogen-bond acceptors (Lipinski definition) is 3. The SMILES string of the molecule is O=C([C@@H](N[C@@H]1COc2ccccc21)c1ccccc1)N1CCCCC1. The Kier molecular flexibility index (Phi) is 4.70. The van der Waals surface area contributed by atoms with Crippen LogP contribution < -0.4 is 10.1 Å². The number of rotatable bonds is 4. The maximum absolute atomic E-state index is 13.2. The summed E-state index contributed by atoms with van der Waals surface area (Å²) in [5.74, 6) is 1.09. The van der Waals surface area contributed by atoms with Gasteiger partial charge in [0, 0.05) is 18.7 Å². The summed E-state index contributed by atoms with van der Waals surface area (Å²) in [5, 5.41) is 3.57. The number of carbonyl (C=O) groups is 1. The van der Waals surface area contributed by atoms with Gasteiger partial charge in [-0.15, -0.1) is 0 Å². The van der Waals surface area contributed by atoms with E-state index in [4.69, 9.17) is 4.74 Å². The molecule has 130 valence electrons. The molecule has 2 aliphatic heterocycles. The highest BCUT2D eigenvalue weighted by molar-refractivity contribution is 5.83. The number of hydrogen-bond donors (Lipinski definition) is 1. The first-order valence-electron chi connectivity index (χ1n) is 9.14. The van der Waals surface area contributed by atoms with Crippen LogP contribution in [0.5, 0.6) is 5.75 Å². The van der Waals surface area contributed by atoms with Gasteiger partial charge in [-0.1, -0.05) is 48.5 Å². The van der Waals surface area contributed by atoms with Crippen LogP contribution >= 0.6 is 0 Å². The predicted octanol–water partition coefficient (Wildman–Crippen LogP) is 3.46. The lowest BCUT2D eigenvalue weighted by molar-refractivity contribution is -0.134. The van der Waals surface area contributed by atoms with Crippen molar-refractivity contribution in [2.45, 2.75) is 31.3 Å². The monoisotopic (exact) mass is 336 g/mol. The fourth-order valence-corrected chi connectivity index (χ4v) is 3.75. The van der Waals surface area contributed by atoms with E-state index in [9.17, 15) is 4.79 Å². The van der Waals surface area contributed by atoms with Crippen LogP contribution in [0.2, 0.25) is 0 Å². The van der Waals surface area contributed by atoms with Crippen LogP contribution in [-0.4, -0.2) is 30.5 Å². The number of para-hydroxylation sites is 1. The van der Waals surface area contributed by atoms with Gasteiger partial charge in [0.25, 0.3) is 0 Å². The lowest BCUT2D eigenvalue weighted by Crippen LogP contribution is -2.44. The number of fused-ring (bicyclic) bond motifs is 1. The molecule has 4 rings (SSSR count). The van der Waals surface area contributed by atoms with Crippen molar-refractivity contribution in [1.29, 1.82) is 0 Å². The van der Waals surface area contributed by atoms with E-state index in [-0.39, 0.29) is 18.0 Å². The topological polar surface area (TPSA) is 41.6 Å². The Hall–Kier alpha value is -2.33. The standard InChI is InChI=1S/C21H24N2O2/c24-21(23-13-7-2-8-14-23)20(16-9-3-1-4-10-16)22-18-15-25-19-12-6-5-11-17(18)19/h1,3-6,9-12,18,20,22H,2,7-8,13-15H2/t18-,20+/m1/s1. The molecule has 0 radical (unpaired) electrons. The molecule has 25 heavy (non-hydrogen) atoms. The fraction of sp³-hybridized carbons (Fsp3) is 0.381. The number of carbonyl (C=O) groups excluding carboxylic acids is 1. The van der Waals surface area contributed by atoms with Gasteiger partial charge >= 0.3 is 0 Å². The molecule has 0 spiro atoms. The molecular weight excluding hydrogens is 312 g/mol. The van der Waals surface area contributed by atoms with E-state index in [0.717, 1.165) is 42.8 Å². The minimum Gasteiger partial charge on any atom is -0.491 e. The molecule has 0 unspecified atom stereocenters. The highest BCUT2D eigenvalue weighted by atomic mass is 16.5. The number of likely N-dealkylation sites (tertiary alicyclic amines) is 1. The van der Waals surface area contributed by atoms with E-state index >= 15 is 0 Å². The number of piperidine rings is 1. The van der Waals surface area contributed by atoms with Crippen molar-refractivity contribution in [2.24, 2.45) is 0 Å². The van der Waals surface area contributed by atoms with E-state index in [1.807, 2.05) is 53.4 Å². The molecule has 2 atom stereocenters. The van der Waals surface area contributed by atoms with Crippen molar-refractivity contribution in [3.05, 3.63) is 65.7 Å². The second-order valence-corrected chi connectivity index (χ2v) is 6.80. The second-order valence-electron chi connectivity index (χ2n) is 6.80. The van der Waals surface area contributed by atoms with Crippen LogP contribution in [0.15, 0.2) is 54.6 Å². The second kappa shape index (κ2) is 7.28. The first kappa shape index (κ1) is 16.2. The molecule has 2 aromatic rings. The van der Waals surface area contributed by atoms with Crippen molar-refractivity contribution in [3.8, 4) is 5.75 Å². The molecule has 4 heteroatoms. The molecule has 2 heterocycles. The Balaban J connectivity index is 1.59. The molecule has 1 saturated heterocycles. The van der Waals surface area contributed by atoms with E-state index < -0.39 is 0 Å². The maximum atomic E-state index is 13.2. The molecule has 4 nitrogen and oxygen atoms in total. The van der Waals surface area contributed by atoms with E-state index in [1.54, 1.807) is 0 Å². The number of nitrogens with zero attached hydrogens (tertiary/aromatic N) is 1. The van der Waals surface area contributed by atoms with Crippen LogP contribution in [0.25, 0.3) is 0 Å². The van der Waals surface area contributed by atoms with Gasteiger partial charge in [-0.25, -0.2) is 0 Å². The Labute approximate surface area is 148 Å². The number of nitrogens with one attached hydrogen (secondary N) is 1. The minimum absolute atomic E-state index is 0.0372. The van der Waals surface area contributed by atoms with Gasteiger partial charge in [0.1, 0.15) is 18.4 Å². The summed E-state index contributed by atoms with van der Waals surface area (Å²) < 4.78 is 5.79. The quantitative estimate of drug-likeness (QED) is 0.930. The Morgan fingerprint density at radius 1 is 1.00 bits per heavy atom. The molecule has 2 aliphatic rings. The summed E-state index contributed by atoms with van der Waals surface area (Å²) in [6.07, 6.45) is 3.42. The van der Waals surface area contributed by atoms with Crippen molar-refractivity contribution in [2.75, 3.05) is 19.7 Å². The van der Waals surface area contributed by atoms with Crippen molar-refractivity contribution >= 4 is 5.91 Å². The third-order valence-electron chi connectivity index (χ3n) is 5.12. The molecule has 0 bridgehead atoms. The molecule has 0 saturated carbocycles. The van der Waals surface area contributed by atoms with Gasteiger partial charge in [-0.05, 0) is 30.9 Å². The summed E-state index contributed by atoms with van der Waals surface area (Å²) in [4.78, 5) is 15.2. The van der Waals surface area contributed by atoms with Gasteiger partial charge in [0.05, 0.1) is 6.04 Å². The zero-order valence-electron chi connectivity index (χ0n) is 14.4. The Morgan fingerprint density at radius 2 is 1.72 bits per heavy atom. The lowest BCUT2D eigenvalue weighted by atomic mass is 10.0. The first-order chi connectivity index (χ1) is 12.3. The Morgan fingerprint density at radius 3 is 2.52 bits per heavy atom. The molecule has 1 N–H and O–H groups in total. The highest BCUT2D eigenvalue weighted by Crippen LogP contribution is 2.34. The van der Waals surface area contributed by atoms with Crippen LogP contribution in [-0.2, 0) is 4.79 Å². The largest absolute Gasteiger partial charge is 0.491 e. The lowest BCUT2D eigenvalue weighted by Gasteiger charge is -2.32. The third-order valence-corrected chi connectivity index (χ3v) is 5.12. The summed E-state index contributed by atoms with van der Waals surface area (Å²) >= 11 is 0. The molecule has 0 aliphatic carbocycles. The van der Waals surface area contributed by atoms with E-state index in [2.05, 4.69) is 11.4 Å². The maximum Gasteiger partial charge on any atom is 0.244 e. The average molecular weight is 336 g/mol. The fourth-order valence-electron chi connectivity index (χ4n) is 3.75. The van der Waals surface area contributed by atoms with Crippen molar-refractivity contribution in [3.63, 3.8) is 0 Å². The summed E-state index contributed by atoms with van der Waals surface area (Å²) in [7, 11) is 0. The highest BCUT2D eigenvalue weighted by Gasteiger charge is 2.32. The van der Waals surface area contributed by atoms with E-state index in [0.29, 0.717) is 6.61 Å². The zero-order valence-corrected chi connectivity index (χ0v) is 14.4. The number of benzene rings is 2. The van der Waals surface area contributed by atoms with Crippen molar-refractivity contribution < 1.29 is 9.53 Å². The molecular formula is C21H24N2O2. The number of ether oxygens (including phenoxy) is 1. The zero-order chi connectivity index (χ0) is 17.1. The third kappa shape index (κ3) is 3.40. The first-order valence-corrected chi connectivity index (χ1v) is 9.14. The summed E-state index contributed by atoms with van der Waals surface area (Å²) in [5.41, 5.74) is 2.15. The van der Waals surface area contributed by atoms with Gasteiger partial charge in [-0.3, -0.25) is 10.1 Å².